The van der Waals surface area contributed by atoms with Crippen molar-refractivity contribution in [2.24, 2.45) is 0 Å². The smallest absolute Gasteiger partial charge is 0.223 e. The van der Waals surface area contributed by atoms with Crippen LogP contribution >= 0.6 is 0 Å². The predicted octanol–water partition coefficient (Wildman–Crippen LogP) is 1.70. The van der Waals surface area contributed by atoms with Crippen LogP contribution in [0.15, 0.2) is 36.8 Å². The highest BCUT2D eigenvalue weighted by molar-refractivity contribution is 5.76. The molecule has 0 spiro atoms. The van der Waals surface area contributed by atoms with E-state index < -0.39 is 0 Å². The van der Waals surface area contributed by atoms with Crippen LogP contribution in [0.2, 0.25) is 0 Å². The quantitative estimate of drug-likeness (QED) is 0.912. The van der Waals surface area contributed by atoms with E-state index in [1.165, 1.54) is 5.69 Å². The van der Waals surface area contributed by atoms with Crippen LogP contribution in [0.25, 0.3) is 0 Å². The van der Waals surface area contributed by atoms with Crippen LogP contribution in [0, 0.1) is 0 Å². The van der Waals surface area contributed by atoms with Gasteiger partial charge in [0.2, 0.25) is 5.91 Å². The number of hydrogen-bond acceptors (Lipinski definition) is 4. The molecule has 122 valence electrons. The van der Waals surface area contributed by atoms with Crippen molar-refractivity contribution in [2.75, 3.05) is 38.2 Å². The number of benzene rings is 1. The number of carbonyl (C=O) groups excluding carboxylic acids is 1. The summed E-state index contributed by atoms with van der Waals surface area (Å²) in [5.41, 5.74) is 2.19. The van der Waals surface area contributed by atoms with Gasteiger partial charge in [-0.05, 0) is 30.7 Å². The first-order chi connectivity index (χ1) is 11.3. The average Bonchev–Trinajstić information content (AvgIpc) is 3.13. The second-order valence-corrected chi connectivity index (χ2v) is 5.64. The van der Waals surface area contributed by atoms with Gasteiger partial charge < -0.3 is 19.5 Å². The molecule has 3 rings (SSSR count). The summed E-state index contributed by atoms with van der Waals surface area (Å²) in [5.74, 6) is 1.08. The minimum Gasteiger partial charge on any atom is -0.497 e. The molecule has 0 radical (unpaired) electrons. The number of aromatic nitrogens is 2. The summed E-state index contributed by atoms with van der Waals surface area (Å²) in [6.07, 6.45) is 4.67. The molecule has 0 bridgehead atoms. The summed E-state index contributed by atoms with van der Waals surface area (Å²) in [6.45, 7) is 3.27. The summed E-state index contributed by atoms with van der Waals surface area (Å²) >= 11 is 0. The van der Waals surface area contributed by atoms with Crippen LogP contribution in [0.1, 0.15) is 12.1 Å². The Morgan fingerprint density at radius 3 is 2.57 bits per heavy atom. The number of rotatable bonds is 5. The minimum absolute atomic E-state index is 0.217. The third-order valence-electron chi connectivity index (χ3n) is 4.23. The van der Waals surface area contributed by atoms with Gasteiger partial charge in [-0.15, -0.1) is 0 Å². The fraction of sp³-hybridized carbons (Fsp3) is 0.412. The van der Waals surface area contributed by atoms with Crippen molar-refractivity contribution in [3.05, 3.63) is 42.5 Å². The number of aromatic amines is 1. The molecule has 2 heterocycles. The van der Waals surface area contributed by atoms with Crippen molar-refractivity contribution in [1.82, 2.24) is 14.9 Å². The van der Waals surface area contributed by atoms with Gasteiger partial charge in [0.05, 0.1) is 13.4 Å². The first-order valence-electron chi connectivity index (χ1n) is 7.90. The van der Waals surface area contributed by atoms with Gasteiger partial charge in [0, 0.05) is 50.2 Å². The third-order valence-corrected chi connectivity index (χ3v) is 4.23. The predicted molar refractivity (Wildman–Crippen MR) is 88.7 cm³/mol. The number of nitrogens with zero attached hydrogens (tertiary/aromatic N) is 3. The number of aryl methyl sites for hydroxylation is 1. The lowest BCUT2D eigenvalue weighted by molar-refractivity contribution is -0.131. The monoisotopic (exact) mass is 314 g/mol. The number of anilines is 1. The van der Waals surface area contributed by atoms with Crippen molar-refractivity contribution >= 4 is 11.6 Å². The van der Waals surface area contributed by atoms with E-state index >= 15 is 0 Å². The number of H-pyrrole nitrogens is 1. The summed E-state index contributed by atoms with van der Waals surface area (Å²) in [4.78, 5) is 23.5. The van der Waals surface area contributed by atoms with Crippen molar-refractivity contribution in [1.29, 1.82) is 0 Å². The third kappa shape index (κ3) is 3.83. The van der Waals surface area contributed by atoms with Crippen LogP contribution in [0.4, 0.5) is 5.69 Å². The molecule has 2 aromatic rings. The van der Waals surface area contributed by atoms with Gasteiger partial charge in [0.25, 0.3) is 0 Å². The molecule has 1 N–H and O–H groups in total. The van der Waals surface area contributed by atoms with Gasteiger partial charge in [-0.1, -0.05) is 0 Å². The van der Waals surface area contributed by atoms with Gasteiger partial charge in [-0.3, -0.25) is 4.79 Å². The number of imidazole rings is 1. The molecule has 6 nitrogen and oxygen atoms in total. The van der Waals surface area contributed by atoms with E-state index in [2.05, 4.69) is 27.0 Å². The van der Waals surface area contributed by atoms with Crippen molar-refractivity contribution in [3.63, 3.8) is 0 Å². The largest absolute Gasteiger partial charge is 0.497 e. The van der Waals surface area contributed by atoms with Crippen LogP contribution < -0.4 is 9.64 Å². The fourth-order valence-corrected chi connectivity index (χ4v) is 2.83. The summed E-state index contributed by atoms with van der Waals surface area (Å²) < 4.78 is 5.18. The van der Waals surface area contributed by atoms with Gasteiger partial charge >= 0.3 is 0 Å². The summed E-state index contributed by atoms with van der Waals surface area (Å²) in [7, 11) is 1.67. The lowest BCUT2D eigenvalue weighted by Gasteiger charge is -2.36. The number of ether oxygens (including phenoxy) is 1. The molecule has 1 aromatic heterocycles. The molecule has 1 aliphatic heterocycles. The second kappa shape index (κ2) is 7.17. The molecule has 1 amide bonds. The van der Waals surface area contributed by atoms with Crippen LogP contribution in [-0.4, -0.2) is 54.1 Å². The zero-order valence-electron chi connectivity index (χ0n) is 13.4. The first kappa shape index (κ1) is 15.4. The zero-order chi connectivity index (χ0) is 16.1. The number of hydrogen-bond donors (Lipinski definition) is 1. The molecule has 0 aliphatic carbocycles. The molecule has 1 aliphatic rings. The Morgan fingerprint density at radius 2 is 1.96 bits per heavy atom. The Kier molecular flexibility index (Phi) is 4.80. The minimum atomic E-state index is 0.217. The van der Waals surface area contributed by atoms with Gasteiger partial charge in [0.15, 0.2) is 0 Å². The Balaban J connectivity index is 1.48. The van der Waals surface area contributed by atoms with Gasteiger partial charge in [-0.2, -0.15) is 0 Å². The van der Waals surface area contributed by atoms with E-state index in [-0.39, 0.29) is 5.91 Å². The first-order valence-corrected chi connectivity index (χ1v) is 7.90. The van der Waals surface area contributed by atoms with E-state index in [9.17, 15) is 4.79 Å². The Bertz CT molecular complexity index is 617. The highest BCUT2D eigenvalue weighted by atomic mass is 16.5. The summed E-state index contributed by atoms with van der Waals surface area (Å²) in [5, 5.41) is 0. The van der Waals surface area contributed by atoms with E-state index in [1.807, 2.05) is 17.0 Å². The Labute approximate surface area is 136 Å². The maximum Gasteiger partial charge on any atom is 0.223 e. The normalized spacial score (nSPS) is 14.8. The lowest BCUT2D eigenvalue weighted by atomic mass is 10.2. The molecule has 0 atom stereocenters. The molecule has 0 saturated carbocycles. The van der Waals surface area contributed by atoms with Crippen LogP contribution in [0.5, 0.6) is 5.75 Å². The van der Waals surface area contributed by atoms with E-state index in [0.717, 1.165) is 44.0 Å². The van der Waals surface area contributed by atoms with Crippen molar-refractivity contribution in [2.45, 2.75) is 12.8 Å². The van der Waals surface area contributed by atoms with Crippen molar-refractivity contribution in [3.8, 4) is 5.75 Å². The zero-order valence-corrected chi connectivity index (χ0v) is 13.4. The maximum absolute atomic E-state index is 12.3. The topological polar surface area (TPSA) is 61.5 Å². The highest BCUT2D eigenvalue weighted by Gasteiger charge is 2.21. The van der Waals surface area contributed by atoms with E-state index in [4.69, 9.17) is 4.74 Å². The maximum atomic E-state index is 12.3. The molecule has 0 unspecified atom stereocenters. The second-order valence-electron chi connectivity index (χ2n) is 5.64. The van der Waals surface area contributed by atoms with Crippen LogP contribution in [-0.2, 0) is 11.2 Å². The number of carbonyl (C=O) groups is 1. The van der Waals surface area contributed by atoms with Gasteiger partial charge in [0.1, 0.15) is 5.75 Å². The molecule has 1 fully saturated rings. The molecule has 23 heavy (non-hydrogen) atoms. The number of amides is 1. The number of nitrogens with one attached hydrogen (secondary N) is 1. The standard InChI is InChI=1S/C17H22N4O2/c1-23-16-5-3-15(4-6-16)20-8-10-21(11-9-20)17(22)7-2-14-12-18-13-19-14/h3-6,12-13H,2,7-11H2,1H3,(H,18,19). The van der Waals surface area contributed by atoms with Crippen LogP contribution in [0.3, 0.4) is 0 Å². The molecule has 1 saturated heterocycles. The van der Waals surface area contributed by atoms with E-state index in [0.29, 0.717) is 6.42 Å². The highest BCUT2D eigenvalue weighted by Crippen LogP contribution is 2.20. The molecule has 6 heteroatoms. The van der Waals surface area contributed by atoms with Gasteiger partial charge in [-0.25, -0.2) is 4.98 Å². The molecular weight excluding hydrogens is 292 g/mol. The lowest BCUT2D eigenvalue weighted by Crippen LogP contribution is -2.48. The Morgan fingerprint density at radius 1 is 1.22 bits per heavy atom. The average molecular weight is 314 g/mol. The SMILES string of the molecule is COc1ccc(N2CCN(C(=O)CCc3cnc[nH]3)CC2)cc1. The molecule has 1 aromatic carbocycles. The Hall–Kier alpha value is -2.50. The molecular formula is C17H22N4O2. The van der Waals surface area contributed by atoms with Crippen molar-refractivity contribution < 1.29 is 9.53 Å². The fourth-order valence-electron chi connectivity index (χ4n) is 2.83. The number of piperazine rings is 1. The summed E-state index contributed by atoms with van der Waals surface area (Å²) in [6, 6.07) is 8.07. The van der Waals surface area contributed by atoms with E-state index in [1.54, 1.807) is 19.6 Å². The number of methoxy groups -OCH3 is 1.